The van der Waals surface area contributed by atoms with Crippen LogP contribution in [0, 0.1) is 5.92 Å². The molecule has 1 unspecified atom stereocenters. The van der Waals surface area contributed by atoms with E-state index in [2.05, 4.69) is 26.0 Å². The Hall–Kier alpha value is -1.02. The Bertz CT molecular complexity index is 314. The summed E-state index contributed by atoms with van der Waals surface area (Å²) in [7, 11) is 0. The minimum Gasteiger partial charge on any atom is -0.490 e. The van der Waals surface area contributed by atoms with Crippen LogP contribution in [0.15, 0.2) is 24.3 Å². The lowest BCUT2D eigenvalue weighted by Gasteiger charge is -2.16. The highest BCUT2D eigenvalue weighted by molar-refractivity contribution is 5.29. The Morgan fingerprint density at radius 1 is 1.20 bits per heavy atom. The Morgan fingerprint density at radius 2 is 1.80 bits per heavy atom. The van der Waals surface area contributed by atoms with Crippen LogP contribution in [-0.2, 0) is 0 Å². The predicted molar refractivity (Wildman–Crippen MR) is 61.9 cm³/mol. The van der Waals surface area contributed by atoms with Crippen LogP contribution in [0.1, 0.15) is 38.3 Å². The van der Waals surface area contributed by atoms with E-state index in [1.54, 1.807) is 0 Å². The highest BCUT2D eigenvalue weighted by Crippen LogP contribution is 2.28. The summed E-state index contributed by atoms with van der Waals surface area (Å²) >= 11 is 0. The molecular weight excluding hydrogens is 186 g/mol. The number of benzene rings is 1. The van der Waals surface area contributed by atoms with Crippen molar-refractivity contribution in [2.75, 3.05) is 0 Å². The van der Waals surface area contributed by atoms with E-state index in [1.165, 1.54) is 18.4 Å². The quantitative estimate of drug-likeness (QED) is 0.820. The summed E-state index contributed by atoms with van der Waals surface area (Å²) in [6.07, 6.45) is 2.87. The van der Waals surface area contributed by atoms with Gasteiger partial charge in [0.15, 0.2) is 0 Å². The fourth-order valence-corrected chi connectivity index (χ4v) is 1.53. The Kier molecular flexibility index (Phi) is 2.96. The molecule has 2 N–H and O–H groups in total. The first-order chi connectivity index (χ1) is 7.16. The van der Waals surface area contributed by atoms with Gasteiger partial charge in [-0.3, -0.25) is 0 Å². The summed E-state index contributed by atoms with van der Waals surface area (Å²) in [6.45, 7) is 4.28. The largest absolute Gasteiger partial charge is 0.490 e. The van der Waals surface area contributed by atoms with Crippen molar-refractivity contribution >= 4 is 0 Å². The number of nitrogens with two attached hydrogens (primary N) is 1. The Balaban J connectivity index is 2.02. The summed E-state index contributed by atoms with van der Waals surface area (Å²) in [5, 5.41) is 0. The van der Waals surface area contributed by atoms with Crippen LogP contribution in [0.5, 0.6) is 5.75 Å². The number of rotatable bonds is 4. The van der Waals surface area contributed by atoms with Crippen LogP contribution >= 0.6 is 0 Å². The van der Waals surface area contributed by atoms with E-state index in [9.17, 15) is 0 Å². The molecule has 2 heteroatoms. The van der Waals surface area contributed by atoms with Crippen molar-refractivity contribution in [2.45, 2.75) is 38.8 Å². The summed E-state index contributed by atoms with van der Waals surface area (Å²) in [5.74, 6) is 1.44. The summed E-state index contributed by atoms with van der Waals surface area (Å²) in [5.41, 5.74) is 7.25. The zero-order valence-electron chi connectivity index (χ0n) is 9.44. The zero-order chi connectivity index (χ0) is 10.8. The van der Waals surface area contributed by atoms with Crippen LogP contribution in [0.25, 0.3) is 0 Å². The molecule has 15 heavy (non-hydrogen) atoms. The molecular formula is C13H19NO. The molecule has 2 rings (SSSR count). The normalized spacial score (nSPS) is 17.9. The van der Waals surface area contributed by atoms with Crippen molar-refractivity contribution in [3.05, 3.63) is 29.8 Å². The van der Waals surface area contributed by atoms with Gasteiger partial charge in [-0.05, 0) is 36.5 Å². The predicted octanol–water partition coefficient (Wildman–Crippen LogP) is 2.88. The van der Waals surface area contributed by atoms with Crippen LogP contribution in [0.4, 0.5) is 0 Å². The van der Waals surface area contributed by atoms with Crippen molar-refractivity contribution in [2.24, 2.45) is 11.7 Å². The molecule has 1 aliphatic rings. The molecule has 1 aromatic carbocycles. The average Bonchev–Trinajstić information content (AvgIpc) is 3.02. The second-order valence-electron chi connectivity index (χ2n) is 4.66. The molecule has 0 amide bonds. The maximum absolute atomic E-state index is 6.06. The van der Waals surface area contributed by atoms with Gasteiger partial charge >= 0.3 is 0 Å². The van der Waals surface area contributed by atoms with Crippen LogP contribution in [0.2, 0.25) is 0 Å². The van der Waals surface area contributed by atoms with E-state index in [-0.39, 0.29) is 6.04 Å². The highest BCUT2D eigenvalue weighted by Gasteiger charge is 2.23. The molecule has 1 fully saturated rings. The fourth-order valence-electron chi connectivity index (χ4n) is 1.53. The van der Waals surface area contributed by atoms with E-state index in [0.29, 0.717) is 12.0 Å². The molecule has 1 aromatic rings. The highest BCUT2D eigenvalue weighted by atomic mass is 16.5. The number of hydrogen-bond donors (Lipinski definition) is 1. The van der Waals surface area contributed by atoms with Crippen molar-refractivity contribution in [1.82, 2.24) is 0 Å². The van der Waals surface area contributed by atoms with Gasteiger partial charge in [0.2, 0.25) is 0 Å². The van der Waals surface area contributed by atoms with Gasteiger partial charge in [-0.15, -0.1) is 0 Å². The van der Waals surface area contributed by atoms with Crippen molar-refractivity contribution in [3.8, 4) is 5.75 Å². The Morgan fingerprint density at radius 3 is 2.27 bits per heavy atom. The third kappa shape index (κ3) is 2.72. The average molecular weight is 205 g/mol. The maximum atomic E-state index is 6.06. The molecule has 0 radical (unpaired) electrons. The molecule has 2 nitrogen and oxygen atoms in total. The van der Waals surface area contributed by atoms with Gasteiger partial charge in [0, 0.05) is 6.04 Å². The molecule has 0 spiro atoms. The third-order valence-corrected chi connectivity index (χ3v) is 2.81. The van der Waals surface area contributed by atoms with E-state index in [0.717, 1.165) is 5.75 Å². The summed E-state index contributed by atoms with van der Waals surface area (Å²) in [4.78, 5) is 0. The van der Waals surface area contributed by atoms with Crippen molar-refractivity contribution in [1.29, 1.82) is 0 Å². The lowest BCUT2D eigenvalue weighted by atomic mass is 9.97. The lowest BCUT2D eigenvalue weighted by Crippen LogP contribution is -2.16. The smallest absolute Gasteiger partial charge is 0.119 e. The standard InChI is InChI=1S/C13H19NO/c1-9(2)13(14)10-3-5-11(6-4-10)15-12-7-8-12/h3-6,9,12-13H,7-8,14H2,1-2H3. The van der Waals surface area contributed by atoms with Gasteiger partial charge in [0.05, 0.1) is 6.10 Å². The topological polar surface area (TPSA) is 35.2 Å². The van der Waals surface area contributed by atoms with Crippen molar-refractivity contribution < 1.29 is 4.74 Å². The van der Waals surface area contributed by atoms with E-state index >= 15 is 0 Å². The number of ether oxygens (including phenoxy) is 1. The van der Waals surface area contributed by atoms with E-state index in [4.69, 9.17) is 10.5 Å². The molecule has 1 atom stereocenters. The fraction of sp³-hybridized carbons (Fsp3) is 0.538. The number of hydrogen-bond acceptors (Lipinski definition) is 2. The molecule has 0 aromatic heterocycles. The molecule has 0 bridgehead atoms. The molecule has 0 saturated heterocycles. The minimum atomic E-state index is 0.125. The lowest BCUT2D eigenvalue weighted by molar-refractivity contribution is 0.303. The molecule has 0 aliphatic heterocycles. The van der Waals surface area contributed by atoms with Gasteiger partial charge < -0.3 is 10.5 Å². The van der Waals surface area contributed by atoms with E-state index < -0.39 is 0 Å². The van der Waals surface area contributed by atoms with Crippen LogP contribution < -0.4 is 10.5 Å². The van der Waals surface area contributed by atoms with Crippen LogP contribution in [-0.4, -0.2) is 6.10 Å². The molecule has 82 valence electrons. The minimum absolute atomic E-state index is 0.125. The van der Waals surface area contributed by atoms with Gasteiger partial charge in [0.25, 0.3) is 0 Å². The zero-order valence-corrected chi connectivity index (χ0v) is 9.44. The van der Waals surface area contributed by atoms with Gasteiger partial charge in [0.1, 0.15) is 5.75 Å². The first kappa shape index (κ1) is 10.5. The molecule has 1 saturated carbocycles. The second-order valence-corrected chi connectivity index (χ2v) is 4.66. The summed E-state index contributed by atoms with van der Waals surface area (Å²) < 4.78 is 5.68. The monoisotopic (exact) mass is 205 g/mol. The van der Waals surface area contributed by atoms with E-state index in [1.807, 2.05) is 12.1 Å². The maximum Gasteiger partial charge on any atom is 0.119 e. The second kappa shape index (κ2) is 4.23. The molecule has 0 heterocycles. The van der Waals surface area contributed by atoms with Gasteiger partial charge in [-0.1, -0.05) is 26.0 Å². The Labute approximate surface area is 91.4 Å². The summed E-state index contributed by atoms with van der Waals surface area (Å²) in [6, 6.07) is 8.32. The van der Waals surface area contributed by atoms with Crippen molar-refractivity contribution in [3.63, 3.8) is 0 Å². The first-order valence-corrected chi connectivity index (χ1v) is 5.69. The van der Waals surface area contributed by atoms with Crippen LogP contribution in [0.3, 0.4) is 0 Å². The first-order valence-electron chi connectivity index (χ1n) is 5.69. The van der Waals surface area contributed by atoms with Gasteiger partial charge in [-0.2, -0.15) is 0 Å². The SMILES string of the molecule is CC(C)C(N)c1ccc(OC2CC2)cc1. The molecule has 1 aliphatic carbocycles. The third-order valence-electron chi connectivity index (χ3n) is 2.81. The van der Waals surface area contributed by atoms with Gasteiger partial charge in [-0.25, -0.2) is 0 Å².